The van der Waals surface area contributed by atoms with E-state index < -0.39 is 5.60 Å². The minimum atomic E-state index is -0.487. The lowest BCUT2D eigenvalue weighted by Crippen LogP contribution is -2.59. The zero-order valence-electron chi connectivity index (χ0n) is 11.3. The zero-order valence-corrected chi connectivity index (χ0v) is 11.3. The van der Waals surface area contributed by atoms with Crippen LogP contribution in [0.5, 0.6) is 0 Å². The quantitative estimate of drug-likeness (QED) is 0.869. The summed E-state index contributed by atoms with van der Waals surface area (Å²) < 4.78 is 5.53. The Hall–Kier alpha value is -0.900. The van der Waals surface area contributed by atoms with Crippen LogP contribution in [0.25, 0.3) is 0 Å². The third-order valence-electron chi connectivity index (χ3n) is 4.31. The van der Waals surface area contributed by atoms with E-state index in [4.69, 9.17) is 4.74 Å². The molecule has 2 aliphatic rings. The van der Waals surface area contributed by atoms with Crippen LogP contribution in [0.4, 0.5) is 0 Å². The van der Waals surface area contributed by atoms with E-state index in [-0.39, 0.29) is 0 Å². The van der Waals surface area contributed by atoms with E-state index in [1.165, 1.54) is 5.56 Å². The number of benzene rings is 1. The molecule has 2 unspecified atom stereocenters. The number of hydrogen-bond acceptors (Lipinski definition) is 3. The second-order valence-corrected chi connectivity index (χ2v) is 6.07. The molecule has 104 valence electrons. The fourth-order valence-electron chi connectivity index (χ4n) is 3.49. The Morgan fingerprint density at radius 1 is 1.16 bits per heavy atom. The molecule has 1 aromatic rings. The zero-order chi connectivity index (χ0) is 13.1. The number of aryl methyl sites for hydroxylation is 1. The van der Waals surface area contributed by atoms with E-state index >= 15 is 0 Å². The number of morpholine rings is 1. The van der Waals surface area contributed by atoms with Crippen molar-refractivity contribution in [2.45, 2.75) is 49.8 Å². The summed E-state index contributed by atoms with van der Waals surface area (Å²) in [5.41, 5.74) is 0.877. The summed E-state index contributed by atoms with van der Waals surface area (Å²) in [7, 11) is 0. The molecule has 2 atom stereocenters. The van der Waals surface area contributed by atoms with Crippen LogP contribution >= 0.6 is 0 Å². The predicted octanol–water partition coefficient (Wildman–Crippen LogP) is 1.89. The molecule has 0 radical (unpaired) electrons. The minimum absolute atomic E-state index is 0.342. The summed E-state index contributed by atoms with van der Waals surface area (Å²) in [4.78, 5) is 0. The van der Waals surface area contributed by atoms with E-state index in [0.717, 1.165) is 45.3 Å². The number of ether oxygens (including phenoxy) is 1. The van der Waals surface area contributed by atoms with Crippen molar-refractivity contribution in [2.75, 3.05) is 13.2 Å². The van der Waals surface area contributed by atoms with E-state index in [0.29, 0.717) is 12.1 Å². The molecule has 0 aromatic heterocycles. The van der Waals surface area contributed by atoms with Gasteiger partial charge in [-0.25, -0.2) is 0 Å². The van der Waals surface area contributed by atoms with Crippen molar-refractivity contribution >= 4 is 0 Å². The normalized spacial score (nSPS) is 34.2. The van der Waals surface area contributed by atoms with E-state index in [1.807, 2.05) is 6.07 Å². The van der Waals surface area contributed by atoms with Crippen LogP contribution in [0.3, 0.4) is 0 Å². The van der Waals surface area contributed by atoms with Crippen molar-refractivity contribution < 1.29 is 9.84 Å². The van der Waals surface area contributed by atoms with Gasteiger partial charge in [-0.15, -0.1) is 0 Å². The van der Waals surface area contributed by atoms with Gasteiger partial charge in [0.2, 0.25) is 0 Å². The molecule has 2 bridgehead atoms. The van der Waals surface area contributed by atoms with E-state index in [1.54, 1.807) is 0 Å². The third kappa shape index (κ3) is 3.35. The standard InChI is InChI=1S/C16H23NO2/c18-16(8-4-7-13-5-2-1-3-6-13)9-14-11-19-12-15(10-16)17-14/h1-3,5-6,14-15,17-18H,4,7-12H2. The van der Waals surface area contributed by atoms with Gasteiger partial charge in [0, 0.05) is 12.1 Å². The van der Waals surface area contributed by atoms with Gasteiger partial charge in [0.1, 0.15) is 0 Å². The van der Waals surface area contributed by atoms with Gasteiger partial charge < -0.3 is 15.2 Å². The highest BCUT2D eigenvalue weighted by atomic mass is 16.5. The monoisotopic (exact) mass is 261 g/mol. The first kappa shape index (κ1) is 13.1. The third-order valence-corrected chi connectivity index (χ3v) is 4.31. The average Bonchev–Trinajstić information content (AvgIpc) is 2.39. The molecule has 3 nitrogen and oxygen atoms in total. The van der Waals surface area contributed by atoms with E-state index in [2.05, 4.69) is 29.6 Å². The summed E-state index contributed by atoms with van der Waals surface area (Å²) >= 11 is 0. The fourth-order valence-corrected chi connectivity index (χ4v) is 3.49. The van der Waals surface area contributed by atoms with Crippen molar-refractivity contribution in [2.24, 2.45) is 0 Å². The molecule has 2 saturated heterocycles. The molecule has 19 heavy (non-hydrogen) atoms. The topological polar surface area (TPSA) is 41.5 Å². The van der Waals surface area contributed by atoms with Gasteiger partial charge in [-0.2, -0.15) is 0 Å². The van der Waals surface area contributed by atoms with Crippen LogP contribution in [0.1, 0.15) is 31.2 Å². The molecular weight excluding hydrogens is 238 g/mol. The maximum absolute atomic E-state index is 10.8. The van der Waals surface area contributed by atoms with Gasteiger partial charge in [0.15, 0.2) is 0 Å². The smallest absolute Gasteiger partial charge is 0.0679 e. The number of hydrogen-bond donors (Lipinski definition) is 2. The molecule has 2 heterocycles. The largest absolute Gasteiger partial charge is 0.390 e. The summed E-state index contributed by atoms with van der Waals surface area (Å²) in [5.74, 6) is 0. The maximum atomic E-state index is 10.8. The van der Waals surface area contributed by atoms with Gasteiger partial charge in [0.25, 0.3) is 0 Å². The van der Waals surface area contributed by atoms with Crippen LogP contribution in [-0.4, -0.2) is 36.0 Å². The second-order valence-electron chi connectivity index (χ2n) is 6.07. The number of piperidine rings is 1. The van der Waals surface area contributed by atoms with Gasteiger partial charge >= 0.3 is 0 Å². The number of rotatable bonds is 4. The average molecular weight is 261 g/mol. The van der Waals surface area contributed by atoms with Gasteiger partial charge in [0.05, 0.1) is 18.8 Å². The highest BCUT2D eigenvalue weighted by molar-refractivity contribution is 5.14. The maximum Gasteiger partial charge on any atom is 0.0679 e. The van der Waals surface area contributed by atoms with Crippen molar-refractivity contribution in [3.05, 3.63) is 35.9 Å². The molecule has 0 spiro atoms. The van der Waals surface area contributed by atoms with Crippen LogP contribution in [-0.2, 0) is 11.2 Å². The fraction of sp³-hybridized carbons (Fsp3) is 0.625. The Labute approximate surface area is 115 Å². The molecule has 3 rings (SSSR count). The predicted molar refractivity (Wildman–Crippen MR) is 75.1 cm³/mol. The SMILES string of the molecule is OC1(CCCc2ccccc2)CC2COCC(C1)N2. The number of nitrogens with one attached hydrogen (secondary N) is 1. The molecule has 2 N–H and O–H groups in total. The first-order valence-corrected chi connectivity index (χ1v) is 7.34. The van der Waals surface area contributed by atoms with Gasteiger partial charge in [-0.05, 0) is 37.7 Å². The molecule has 0 aliphatic carbocycles. The van der Waals surface area contributed by atoms with Crippen LogP contribution < -0.4 is 5.32 Å². The highest BCUT2D eigenvalue weighted by Crippen LogP contribution is 2.32. The molecule has 3 heteroatoms. The summed E-state index contributed by atoms with van der Waals surface area (Å²) in [5, 5.41) is 14.3. The van der Waals surface area contributed by atoms with Crippen molar-refractivity contribution in [1.29, 1.82) is 0 Å². The van der Waals surface area contributed by atoms with Crippen molar-refractivity contribution in [3.63, 3.8) is 0 Å². The molecule has 2 aliphatic heterocycles. The van der Waals surface area contributed by atoms with E-state index in [9.17, 15) is 5.11 Å². The summed E-state index contributed by atoms with van der Waals surface area (Å²) in [6.07, 6.45) is 4.68. The molecule has 0 amide bonds. The van der Waals surface area contributed by atoms with Crippen LogP contribution in [0, 0.1) is 0 Å². The van der Waals surface area contributed by atoms with Gasteiger partial charge in [-0.3, -0.25) is 0 Å². The Morgan fingerprint density at radius 2 is 1.84 bits per heavy atom. The second kappa shape index (κ2) is 5.61. The Kier molecular flexibility index (Phi) is 3.87. The first-order valence-electron chi connectivity index (χ1n) is 7.34. The lowest BCUT2D eigenvalue weighted by Gasteiger charge is -2.45. The molecular formula is C16H23NO2. The highest BCUT2D eigenvalue weighted by Gasteiger charge is 2.40. The summed E-state index contributed by atoms with van der Waals surface area (Å²) in [6, 6.07) is 11.2. The lowest BCUT2D eigenvalue weighted by atomic mass is 9.79. The van der Waals surface area contributed by atoms with Crippen molar-refractivity contribution in [3.8, 4) is 0 Å². The Morgan fingerprint density at radius 3 is 2.53 bits per heavy atom. The van der Waals surface area contributed by atoms with Crippen molar-refractivity contribution in [1.82, 2.24) is 5.32 Å². The van der Waals surface area contributed by atoms with Crippen LogP contribution in [0.15, 0.2) is 30.3 Å². The Balaban J connectivity index is 1.51. The molecule has 0 saturated carbocycles. The van der Waals surface area contributed by atoms with Crippen LogP contribution in [0.2, 0.25) is 0 Å². The first-order chi connectivity index (χ1) is 9.23. The molecule has 2 fully saturated rings. The Bertz CT molecular complexity index is 394. The number of fused-ring (bicyclic) bond motifs is 2. The summed E-state index contributed by atoms with van der Waals surface area (Å²) in [6.45, 7) is 1.50. The minimum Gasteiger partial charge on any atom is -0.390 e. The number of aliphatic hydroxyl groups is 1. The molecule has 1 aromatic carbocycles. The lowest BCUT2D eigenvalue weighted by molar-refractivity contribution is -0.0805. The van der Waals surface area contributed by atoms with Gasteiger partial charge in [-0.1, -0.05) is 30.3 Å².